The summed E-state index contributed by atoms with van der Waals surface area (Å²) in [5, 5.41) is 6.58. The van der Waals surface area contributed by atoms with Crippen molar-refractivity contribution in [3.63, 3.8) is 0 Å². The van der Waals surface area contributed by atoms with Crippen LogP contribution in [0.5, 0.6) is 0 Å². The maximum absolute atomic E-state index is 5.60. The Kier molecular flexibility index (Phi) is 8.50. The molecule has 0 unspecified atom stereocenters. The average Bonchev–Trinajstić information content (AvgIpc) is 3.18. The molecule has 2 N–H and O–H groups in total. The number of halogens is 1. The highest BCUT2D eigenvalue weighted by Gasteiger charge is 2.07. The zero-order chi connectivity index (χ0) is 19.9. The fraction of sp³-hybridized carbons (Fsp3) is 0.273. The fourth-order valence-corrected chi connectivity index (χ4v) is 2.71. The lowest BCUT2D eigenvalue weighted by molar-refractivity contribution is 0.572. The van der Waals surface area contributed by atoms with Crippen LogP contribution >= 0.6 is 24.0 Å². The maximum Gasteiger partial charge on any atom is 0.226 e. The smallest absolute Gasteiger partial charge is 0.226 e. The summed E-state index contributed by atoms with van der Waals surface area (Å²) < 4.78 is 5.60. The van der Waals surface area contributed by atoms with Crippen LogP contribution in [0.25, 0.3) is 11.5 Å². The number of hydrogen-bond donors (Lipinski definition) is 2. The van der Waals surface area contributed by atoms with Crippen molar-refractivity contribution >= 4 is 35.6 Å². The lowest BCUT2D eigenvalue weighted by atomic mass is 10.1. The van der Waals surface area contributed by atoms with Crippen LogP contribution in [0.15, 0.2) is 64.2 Å². The van der Waals surface area contributed by atoms with E-state index in [0.717, 1.165) is 17.2 Å². The van der Waals surface area contributed by atoms with Crippen molar-refractivity contribution in [2.45, 2.75) is 20.0 Å². The van der Waals surface area contributed by atoms with Crippen molar-refractivity contribution in [1.82, 2.24) is 15.6 Å². The zero-order valence-corrected chi connectivity index (χ0v) is 19.6. The minimum atomic E-state index is 0. The van der Waals surface area contributed by atoms with E-state index >= 15 is 0 Å². The van der Waals surface area contributed by atoms with Crippen LogP contribution < -0.4 is 15.5 Å². The molecule has 3 rings (SSSR count). The monoisotopic (exact) mass is 505 g/mol. The number of aliphatic imine (C=N–C) groups is 1. The van der Waals surface area contributed by atoms with Gasteiger partial charge in [-0.2, -0.15) is 0 Å². The van der Waals surface area contributed by atoms with Crippen molar-refractivity contribution in [1.29, 1.82) is 0 Å². The molecule has 0 spiro atoms. The van der Waals surface area contributed by atoms with Crippen LogP contribution in [0, 0.1) is 6.92 Å². The molecule has 1 aromatic heterocycles. The van der Waals surface area contributed by atoms with E-state index in [-0.39, 0.29) is 24.0 Å². The van der Waals surface area contributed by atoms with Gasteiger partial charge in [-0.1, -0.05) is 29.8 Å². The molecule has 0 saturated heterocycles. The summed E-state index contributed by atoms with van der Waals surface area (Å²) >= 11 is 0. The second kappa shape index (κ2) is 10.8. The predicted octanol–water partition coefficient (Wildman–Crippen LogP) is 4.20. The van der Waals surface area contributed by atoms with E-state index in [9.17, 15) is 0 Å². The van der Waals surface area contributed by atoms with Crippen LogP contribution in [-0.2, 0) is 13.1 Å². The lowest BCUT2D eigenvalue weighted by Crippen LogP contribution is -2.36. The Hall–Kier alpha value is -2.55. The van der Waals surface area contributed by atoms with Crippen LogP contribution in [0.3, 0.4) is 0 Å². The van der Waals surface area contributed by atoms with E-state index in [0.29, 0.717) is 19.0 Å². The van der Waals surface area contributed by atoms with Crippen LogP contribution in [0.1, 0.15) is 16.8 Å². The van der Waals surface area contributed by atoms with E-state index < -0.39 is 0 Å². The highest BCUT2D eigenvalue weighted by molar-refractivity contribution is 14.0. The van der Waals surface area contributed by atoms with Gasteiger partial charge in [0.25, 0.3) is 0 Å². The molecule has 0 aliphatic carbocycles. The number of aryl methyl sites for hydroxylation is 1. The molecule has 1 heterocycles. The highest BCUT2D eigenvalue weighted by atomic mass is 127. The number of nitrogens with one attached hydrogen (secondary N) is 2. The Balaban J connectivity index is 0.00000300. The molecule has 154 valence electrons. The van der Waals surface area contributed by atoms with E-state index in [1.165, 1.54) is 16.8 Å². The number of hydrogen-bond acceptors (Lipinski definition) is 4. The fourth-order valence-electron chi connectivity index (χ4n) is 2.71. The standard InChI is InChI=1S/C22H27N5O.HI/c1-16-5-9-18(10-6-16)21-26-19(15-28-21)14-25-22(23-2)24-13-17-7-11-20(12-8-17)27(3)4;/h5-12,15H,13-14H2,1-4H3,(H2,23,24,25);1H. The number of rotatable bonds is 6. The number of anilines is 1. The molecule has 0 fully saturated rings. The molecule has 0 atom stereocenters. The Bertz CT molecular complexity index is 917. The SMILES string of the molecule is CN=C(NCc1ccc(N(C)C)cc1)NCc1coc(-c2ccc(C)cc2)n1.I. The van der Waals surface area contributed by atoms with E-state index in [1.807, 2.05) is 38.4 Å². The maximum atomic E-state index is 5.60. The van der Waals surface area contributed by atoms with Gasteiger partial charge in [0.15, 0.2) is 5.96 Å². The van der Waals surface area contributed by atoms with Crippen LogP contribution in [-0.4, -0.2) is 32.1 Å². The van der Waals surface area contributed by atoms with Crippen molar-refractivity contribution in [3.05, 3.63) is 71.6 Å². The number of oxazole rings is 1. The third kappa shape index (κ3) is 6.49. The van der Waals surface area contributed by atoms with Gasteiger partial charge in [0.05, 0.1) is 12.2 Å². The molecule has 0 aliphatic rings. The second-order valence-corrected chi connectivity index (χ2v) is 6.85. The molecule has 6 nitrogen and oxygen atoms in total. The number of benzene rings is 2. The van der Waals surface area contributed by atoms with Crippen LogP contribution in [0.2, 0.25) is 0 Å². The second-order valence-electron chi connectivity index (χ2n) is 6.85. The third-order valence-corrected chi connectivity index (χ3v) is 4.42. The molecule has 0 bridgehead atoms. The molecule has 3 aromatic rings. The van der Waals surface area contributed by atoms with Gasteiger partial charge in [0.1, 0.15) is 6.26 Å². The molecular formula is C22H28IN5O. The topological polar surface area (TPSA) is 65.7 Å². The Labute approximate surface area is 189 Å². The van der Waals surface area contributed by atoms with Gasteiger partial charge in [0, 0.05) is 38.9 Å². The molecular weight excluding hydrogens is 477 g/mol. The van der Waals surface area contributed by atoms with Gasteiger partial charge in [-0.05, 0) is 36.8 Å². The molecule has 0 radical (unpaired) electrons. The summed E-state index contributed by atoms with van der Waals surface area (Å²) in [7, 11) is 5.82. The minimum Gasteiger partial charge on any atom is -0.444 e. The van der Waals surface area contributed by atoms with Crippen molar-refractivity contribution < 1.29 is 4.42 Å². The van der Waals surface area contributed by atoms with Gasteiger partial charge in [-0.3, -0.25) is 4.99 Å². The first kappa shape index (κ1) is 22.7. The number of aromatic nitrogens is 1. The summed E-state index contributed by atoms with van der Waals surface area (Å²) in [6.07, 6.45) is 1.68. The summed E-state index contributed by atoms with van der Waals surface area (Å²) in [6.45, 7) is 3.29. The Morgan fingerprint density at radius 1 is 1.00 bits per heavy atom. The molecule has 29 heavy (non-hydrogen) atoms. The van der Waals surface area contributed by atoms with Gasteiger partial charge in [-0.25, -0.2) is 4.98 Å². The first-order valence-electron chi connectivity index (χ1n) is 9.27. The largest absolute Gasteiger partial charge is 0.444 e. The highest BCUT2D eigenvalue weighted by Crippen LogP contribution is 2.19. The quantitative estimate of drug-likeness (QED) is 0.299. The number of nitrogens with zero attached hydrogens (tertiary/aromatic N) is 3. The normalized spacial score (nSPS) is 11.0. The van der Waals surface area contributed by atoms with Gasteiger partial charge < -0.3 is 20.0 Å². The van der Waals surface area contributed by atoms with Crippen molar-refractivity contribution in [2.75, 3.05) is 26.0 Å². The third-order valence-electron chi connectivity index (χ3n) is 4.42. The zero-order valence-electron chi connectivity index (χ0n) is 17.3. The molecule has 0 saturated carbocycles. The lowest BCUT2D eigenvalue weighted by Gasteiger charge is -2.14. The van der Waals surface area contributed by atoms with Crippen LogP contribution in [0.4, 0.5) is 5.69 Å². The van der Waals surface area contributed by atoms with Gasteiger partial charge in [0.2, 0.25) is 5.89 Å². The number of guanidine groups is 1. The minimum absolute atomic E-state index is 0. The molecule has 7 heteroatoms. The summed E-state index contributed by atoms with van der Waals surface area (Å²) in [5.74, 6) is 1.34. The average molecular weight is 505 g/mol. The molecule has 0 aliphatic heterocycles. The molecule has 2 aromatic carbocycles. The first-order valence-corrected chi connectivity index (χ1v) is 9.27. The van der Waals surface area contributed by atoms with E-state index in [4.69, 9.17) is 4.42 Å². The summed E-state index contributed by atoms with van der Waals surface area (Å²) in [6, 6.07) is 16.6. The first-order chi connectivity index (χ1) is 13.5. The van der Waals surface area contributed by atoms with Gasteiger partial charge in [-0.15, -0.1) is 24.0 Å². The Morgan fingerprint density at radius 3 is 2.28 bits per heavy atom. The summed E-state index contributed by atoms with van der Waals surface area (Å²) in [5.41, 5.74) is 5.39. The van der Waals surface area contributed by atoms with Crippen molar-refractivity contribution in [2.24, 2.45) is 4.99 Å². The molecule has 0 amide bonds. The van der Waals surface area contributed by atoms with E-state index in [1.54, 1.807) is 13.3 Å². The van der Waals surface area contributed by atoms with E-state index in [2.05, 4.69) is 56.7 Å². The van der Waals surface area contributed by atoms with Gasteiger partial charge >= 0.3 is 0 Å². The Morgan fingerprint density at radius 2 is 1.66 bits per heavy atom. The van der Waals surface area contributed by atoms with Crippen molar-refractivity contribution in [3.8, 4) is 11.5 Å². The predicted molar refractivity (Wildman–Crippen MR) is 130 cm³/mol. The summed E-state index contributed by atoms with van der Waals surface area (Å²) in [4.78, 5) is 10.9.